The SMILES string of the molecule is CCCOc1ccc(C(C)NC(=O)Cn2c(-c3ccc(C)cc3)n[nH]c2=S)cc1OCCC. The van der Waals surface area contributed by atoms with Crippen molar-refractivity contribution in [3.63, 3.8) is 0 Å². The number of hydrogen-bond acceptors (Lipinski definition) is 5. The second-order valence-corrected chi connectivity index (χ2v) is 8.38. The summed E-state index contributed by atoms with van der Waals surface area (Å²) in [6, 6.07) is 13.5. The van der Waals surface area contributed by atoms with Crippen molar-refractivity contribution in [1.82, 2.24) is 20.1 Å². The van der Waals surface area contributed by atoms with Gasteiger partial charge in [-0.25, -0.2) is 0 Å². The van der Waals surface area contributed by atoms with Gasteiger partial charge in [0, 0.05) is 5.56 Å². The van der Waals surface area contributed by atoms with Gasteiger partial charge in [0.1, 0.15) is 6.54 Å². The number of H-pyrrole nitrogens is 1. The van der Waals surface area contributed by atoms with Crippen LogP contribution < -0.4 is 14.8 Å². The van der Waals surface area contributed by atoms with Crippen molar-refractivity contribution in [2.75, 3.05) is 13.2 Å². The minimum Gasteiger partial charge on any atom is -0.490 e. The van der Waals surface area contributed by atoms with Crippen LogP contribution in [0.1, 0.15) is 50.8 Å². The molecular formula is C25H32N4O3S. The molecule has 0 aliphatic carbocycles. The second-order valence-electron chi connectivity index (χ2n) is 8.00. The fourth-order valence-corrected chi connectivity index (χ4v) is 3.55. The molecular weight excluding hydrogens is 436 g/mol. The zero-order valence-electron chi connectivity index (χ0n) is 19.7. The molecule has 1 aromatic heterocycles. The molecule has 3 aromatic rings. The quantitative estimate of drug-likeness (QED) is 0.370. The summed E-state index contributed by atoms with van der Waals surface area (Å²) in [6.07, 6.45) is 1.82. The predicted molar refractivity (Wildman–Crippen MR) is 132 cm³/mol. The van der Waals surface area contributed by atoms with Crippen molar-refractivity contribution >= 4 is 18.1 Å². The fraction of sp³-hybridized carbons (Fsp3) is 0.400. The van der Waals surface area contributed by atoms with Gasteiger partial charge in [0.2, 0.25) is 5.91 Å². The van der Waals surface area contributed by atoms with Crippen LogP contribution in [0.25, 0.3) is 11.4 Å². The maximum absolute atomic E-state index is 12.9. The minimum atomic E-state index is -0.217. The summed E-state index contributed by atoms with van der Waals surface area (Å²) < 4.78 is 13.8. The fourth-order valence-electron chi connectivity index (χ4n) is 3.35. The molecule has 0 bridgehead atoms. The van der Waals surface area contributed by atoms with Gasteiger partial charge in [-0.05, 0) is 56.6 Å². The number of nitrogens with zero attached hydrogens (tertiary/aromatic N) is 2. The zero-order valence-corrected chi connectivity index (χ0v) is 20.5. The van der Waals surface area contributed by atoms with Crippen LogP contribution >= 0.6 is 12.2 Å². The van der Waals surface area contributed by atoms with E-state index in [2.05, 4.69) is 29.4 Å². The number of nitrogens with one attached hydrogen (secondary N) is 2. The van der Waals surface area contributed by atoms with Crippen LogP contribution in [0, 0.1) is 11.7 Å². The normalized spacial score (nSPS) is 11.8. The van der Waals surface area contributed by atoms with Crippen LogP contribution in [0.15, 0.2) is 42.5 Å². The van der Waals surface area contributed by atoms with E-state index in [1.807, 2.05) is 56.3 Å². The predicted octanol–water partition coefficient (Wildman–Crippen LogP) is 5.37. The molecule has 3 rings (SSSR count). The van der Waals surface area contributed by atoms with Gasteiger partial charge in [0.15, 0.2) is 22.1 Å². The van der Waals surface area contributed by atoms with Crippen molar-refractivity contribution < 1.29 is 14.3 Å². The van der Waals surface area contributed by atoms with Crippen molar-refractivity contribution in [3.05, 3.63) is 58.4 Å². The smallest absolute Gasteiger partial charge is 0.240 e. The Morgan fingerprint density at radius 1 is 1.09 bits per heavy atom. The third-order valence-corrected chi connectivity index (χ3v) is 5.45. The van der Waals surface area contributed by atoms with Crippen molar-refractivity contribution in [1.29, 1.82) is 0 Å². The summed E-state index contributed by atoms with van der Waals surface area (Å²) in [6.45, 7) is 9.39. The van der Waals surface area contributed by atoms with Gasteiger partial charge in [0.25, 0.3) is 0 Å². The molecule has 33 heavy (non-hydrogen) atoms. The van der Waals surface area contributed by atoms with E-state index in [0.717, 1.165) is 35.3 Å². The van der Waals surface area contributed by atoms with Crippen LogP contribution in [0.4, 0.5) is 0 Å². The van der Waals surface area contributed by atoms with Gasteiger partial charge in [0.05, 0.1) is 19.3 Å². The molecule has 0 radical (unpaired) electrons. The number of benzene rings is 2. The van der Waals surface area contributed by atoms with E-state index in [4.69, 9.17) is 21.7 Å². The Kier molecular flexibility index (Phi) is 8.65. The molecule has 1 atom stereocenters. The Bertz CT molecular complexity index is 1120. The van der Waals surface area contributed by atoms with Gasteiger partial charge in [-0.15, -0.1) is 0 Å². The number of amides is 1. The molecule has 176 valence electrons. The van der Waals surface area contributed by atoms with E-state index >= 15 is 0 Å². The van der Waals surface area contributed by atoms with E-state index in [1.165, 1.54) is 0 Å². The minimum absolute atomic E-state index is 0.0692. The highest BCUT2D eigenvalue weighted by atomic mass is 32.1. The number of aromatic amines is 1. The maximum atomic E-state index is 12.9. The number of aryl methyl sites for hydroxylation is 1. The summed E-state index contributed by atoms with van der Waals surface area (Å²) in [5.41, 5.74) is 2.99. The van der Waals surface area contributed by atoms with Crippen molar-refractivity contribution in [3.8, 4) is 22.9 Å². The highest BCUT2D eigenvalue weighted by Gasteiger charge is 2.16. The van der Waals surface area contributed by atoms with Crippen LogP contribution in [-0.4, -0.2) is 33.9 Å². The van der Waals surface area contributed by atoms with E-state index < -0.39 is 0 Å². The highest BCUT2D eigenvalue weighted by Crippen LogP contribution is 2.31. The number of hydrogen-bond donors (Lipinski definition) is 2. The standard InChI is InChI=1S/C25H32N4O3S/c1-5-13-31-21-12-11-20(15-22(21)32-14-6-2)18(4)26-23(30)16-29-24(27-28-25(29)33)19-9-7-17(3)8-10-19/h7-12,15,18H,5-6,13-14,16H2,1-4H3,(H,26,30)(H,28,33). The molecule has 2 N–H and O–H groups in total. The monoisotopic (exact) mass is 468 g/mol. The Hall–Kier alpha value is -3.13. The van der Waals surface area contributed by atoms with Crippen LogP contribution in [0.5, 0.6) is 11.5 Å². The first-order chi connectivity index (χ1) is 15.9. The molecule has 0 saturated heterocycles. The van der Waals surface area contributed by atoms with Gasteiger partial charge < -0.3 is 14.8 Å². The lowest BCUT2D eigenvalue weighted by Gasteiger charge is -2.18. The van der Waals surface area contributed by atoms with E-state index in [9.17, 15) is 4.79 Å². The zero-order chi connectivity index (χ0) is 23.8. The van der Waals surface area contributed by atoms with Crippen LogP contribution in [0.3, 0.4) is 0 Å². The van der Waals surface area contributed by atoms with Gasteiger partial charge in [-0.2, -0.15) is 5.10 Å². The molecule has 1 heterocycles. The number of carbonyl (C=O) groups excluding carboxylic acids is 1. The molecule has 0 aliphatic rings. The summed E-state index contributed by atoms with van der Waals surface area (Å²) in [4.78, 5) is 12.9. The molecule has 0 fully saturated rings. The molecule has 0 aliphatic heterocycles. The molecule has 0 saturated carbocycles. The second kappa shape index (κ2) is 11.7. The first-order valence-corrected chi connectivity index (χ1v) is 11.7. The maximum Gasteiger partial charge on any atom is 0.240 e. The third kappa shape index (κ3) is 6.44. The molecule has 0 spiro atoms. The van der Waals surface area contributed by atoms with Gasteiger partial charge in [-0.3, -0.25) is 14.5 Å². The van der Waals surface area contributed by atoms with Gasteiger partial charge in [-0.1, -0.05) is 49.7 Å². The number of carbonyl (C=O) groups is 1. The van der Waals surface area contributed by atoms with Crippen LogP contribution in [0.2, 0.25) is 0 Å². The largest absolute Gasteiger partial charge is 0.490 e. The van der Waals surface area contributed by atoms with Crippen molar-refractivity contribution in [2.24, 2.45) is 0 Å². The first kappa shape index (κ1) is 24.5. The molecule has 1 amide bonds. The summed E-state index contributed by atoms with van der Waals surface area (Å²) in [5, 5.41) is 10.2. The highest BCUT2D eigenvalue weighted by molar-refractivity contribution is 7.71. The van der Waals surface area contributed by atoms with Gasteiger partial charge >= 0.3 is 0 Å². The summed E-state index contributed by atoms with van der Waals surface area (Å²) in [5.74, 6) is 1.90. The van der Waals surface area contributed by atoms with E-state index in [-0.39, 0.29) is 18.5 Å². The summed E-state index contributed by atoms with van der Waals surface area (Å²) >= 11 is 5.37. The number of ether oxygens (including phenoxy) is 2. The Balaban J connectivity index is 1.73. The average molecular weight is 469 g/mol. The average Bonchev–Trinajstić information content (AvgIpc) is 3.16. The van der Waals surface area contributed by atoms with Crippen LogP contribution in [-0.2, 0) is 11.3 Å². The molecule has 2 aromatic carbocycles. The van der Waals surface area contributed by atoms with Crippen molar-refractivity contribution in [2.45, 2.75) is 53.1 Å². The number of rotatable bonds is 11. The lowest BCUT2D eigenvalue weighted by Crippen LogP contribution is -2.30. The Morgan fingerprint density at radius 2 is 1.76 bits per heavy atom. The third-order valence-electron chi connectivity index (χ3n) is 5.14. The lowest BCUT2D eigenvalue weighted by atomic mass is 10.1. The Morgan fingerprint density at radius 3 is 2.42 bits per heavy atom. The van der Waals surface area contributed by atoms with E-state index in [0.29, 0.717) is 29.6 Å². The topological polar surface area (TPSA) is 81.2 Å². The first-order valence-electron chi connectivity index (χ1n) is 11.3. The number of aromatic nitrogens is 3. The Labute approximate surface area is 200 Å². The molecule has 1 unspecified atom stereocenters. The summed E-state index contributed by atoms with van der Waals surface area (Å²) in [7, 11) is 0. The molecule has 7 nitrogen and oxygen atoms in total. The lowest BCUT2D eigenvalue weighted by molar-refractivity contribution is -0.122. The van der Waals surface area contributed by atoms with E-state index in [1.54, 1.807) is 4.57 Å². The molecule has 8 heteroatoms.